The smallest absolute Gasteiger partial charge is 0.338 e. The maximum atomic E-state index is 12.5. The van der Waals surface area contributed by atoms with Crippen molar-refractivity contribution in [1.29, 1.82) is 0 Å². The Bertz CT molecular complexity index is 1400. The third-order valence-corrected chi connectivity index (χ3v) is 5.42. The van der Waals surface area contributed by atoms with Crippen molar-refractivity contribution < 1.29 is 29.0 Å². The second kappa shape index (κ2) is 10.4. The highest BCUT2D eigenvalue weighted by molar-refractivity contribution is 6.09. The second-order valence-electron chi connectivity index (χ2n) is 7.56. The fourth-order valence-electron chi connectivity index (χ4n) is 3.88. The molecule has 4 rings (SSSR count). The van der Waals surface area contributed by atoms with Crippen LogP contribution < -0.4 is 0 Å². The number of hydrogen-bond acceptors (Lipinski definition) is 6. The van der Waals surface area contributed by atoms with Crippen LogP contribution in [0.2, 0.25) is 0 Å². The number of carbonyl (C=O) groups is 3. The van der Waals surface area contributed by atoms with Crippen LogP contribution in [0.5, 0.6) is 0 Å². The van der Waals surface area contributed by atoms with Gasteiger partial charge in [0.05, 0.1) is 12.0 Å². The molecule has 0 aliphatic carbocycles. The predicted molar refractivity (Wildman–Crippen MR) is 127 cm³/mol. The van der Waals surface area contributed by atoms with Gasteiger partial charge < -0.3 is 19.1 Å². The van der Waals surface area contributed by atoms with Crippen molar-refractivity contribution in [3.8, 4) is 0 Å². The van der Waals surface area contributed by atoms with E-state index < -0.39 is 30.4 Å². The van der Waals surface area contributed by atoms with Gasteiger partial charge in [0, 0.05) is 32.4 Å². The zero-order chi connectivity index (χ0) is 24.8. The lowest BCUT2D eigenvalue weighted by Gasteiger charge is -2.17. The minimum absolute atomic E-state index is 0.199. The van der Waals surface area contributed by atoms with Crippen LogP contribution in [0.25, 0.3) is 32.2 Å². The molecule has 0 spiro atoms. The van der Waals surface area contributed by atoms with Gasteiger partial charge in [-0.2, -0.15) is 0 Å². The summed E-state index contributed by atoms with van der Waals surface area (Å²) in [5.41, 5.74) is 10.4. The van der Waals surface area contributed by atoms with Gasteiger partial charge in [-0.3, -0.25) is 4.79 Å². The van der Waals surface area contributed by atoms with Gasteiger partial charge in [0.1, 0.15) is 19.3 Å². The summed E-state index contributed by atoms with van der Waals surface area (Å²) in [6.45, 7) is -0.420. The Morgan fingerprint density at radius 1 is 0.886 bits per heavy atom. The van der Waals surface area contributed by atoms with E-state index in [0.29, 0.717) is 16.7 Å². The van der Waals surface area contributed by atoms with Gasteiger partial charge in [0.15, 0.2) is 0 Å². The first kappa shape index (κ1) is 23.3. The van der Waals surface area contributed by atoms with Crippen molar-refractivity contribution in [2.45, 2.75) is 12.5 Å². The third-order valence-electron chi connectivity index (χ3n) is 5.42. The number of carboxylic acids is 1. The Hall–Kier alpha value is -4.82. The molecule has 35 heavy (non-hydrogen) atoms. The lowest BCUT2D eigenvalue weighted by Crippen LogP contribution is -2.24. The van der Waals surface area contributed by atoms with Crippen molar-refractivity contribution in [2.24, 2.45) is 5.11 Å². The fourth-order valence-corrected chi connectivity index (χ4v) is 3.88. The number of hydrogen-bond donors (Lipinski definition) is 1. The first-order valence-electron chi connectivity index (χ1n) is 10.7. The van der Waals surface area contributed by atoms with Gasteiger partial charge >= 0.3 is 17.9 Å². The molecule has 0 saturated heterocycles. The molecular formula is C25H20N4O6. The lowest BCUT2D eigenvalue weighted by atomic mass is 10.2. The van der Waals surface area contributed by atoms with E-state index >= 15 is 0 Å². The van der Waals surface area contributed by atoms with Crippen LogP contribution >= 0.6 is 0 Å². The topological polar surface area (TPSA) is 144 Å². The summed E-state index contributed by atoms with van der Waals surface area (Å²) < 4.78 is 11.8. The van der Waals surface area contributed by atoms with Gasteiger partial charge in [-0.05, 0) is 29.8 Å². The minimum atomic E-state index is -1.18. The van der Waals surface area contributed by atoms with E-state index in [1.807, 2.05) is 48.5 Å². The minimum Gasteiger partial charge on any atom is -0.480 e. The summed E-state index contributed by atoms with van der Waals surface area (Å²) >= 11 is 0. The number of aliphatic carboxylic acids is 1. The number of nitrogens with zero attached hydrogens (tertiary/aromatic N) is 4. The summed E-state index contributed by atoms with van der Waals surface area (Å²) in [4.78, 5) is 39.3. The quantitative estimate of drug-likeness (QED) is 0.117. The molecule has 10 nitrogen and oxygen atoms in total. The van der Waals surface area contributed by atoms with Crippen molar-refractivity contribution in [3.05, 3.63) is 88.8 Å². The molecule has 10 heteroatoms. The number of carbonyl (C=O) groups excluding carboxylic acids is 2. The third kappa shape index (κ3) is 5.07. The molecule has 1 unspecified atom stereocenters. The summed E-state index contributed by atoms with van der Waals surface area (Å²) in [6.07, 6.45) is -0.396. The second-order valence-corrected chi connectivity index (χ2v) is 7.56. The Morgan fingerprint density at radius 3 is 2.03 bits per heavy atom. The molecule has 0 bridgehead atoms. The van der Waals surface area contributed by atoms with E-state index in [-0.39, 0.29) is 18.8 Å². The summed E-state index contributed by atoms with van der Waals surface area (Å²) in [7, 11) is 0. The summed E-state index contributed by atoms with van der Waals surface area (Å²) in [5, 5.41) is 15.1. The normalized spacial score (nSPS) is 11.5. The van der Waals surface area contributed by atoms with Crippen molar-refractivity contribution in [1.82, 2.24) is 4.57 Å². The summed E-state index contributed by atoms with van der Waals surface area (Å²) in [6, 6.07) is 19.5. The SMILES string of the molecule is [N-]=[N+]=Nc1ccc(C(=O)OCCOC(=O)CC(C(=O)O)n2c3ccccc3c3ccccc32)cc1. The van der Waals surface area contributed by atoms with Gasteiger partial charge in [-0.25, -0.2) is 9.59 Å². The average Bonchev–Trinajstić information content (AvgIpc) is 3.20. The van der Waals surface area contributed by atoms with Crippen LogP contribution in [0.15, 0.2) is 77.9 Å². The number of esters is 2. The van der Waals surface area contributed by atoms with E-state index in [1.165, 1.54) is 24.3 Å². The molecule has 0 saturated carbocycles. The lowest BCUT2D eigenvalue weighted by molar-refractivity contribution is -0.151. The average molecular weight is 472 g/mol. The first-order valence-corrected chi connectivity index (χ1v) is 10.7. The molecule has 4 aromatic rings. The van der Waals surface area contributed by atoms with E-state index in [1.54, 1.807) is 4.57 Å². The van der Waals surface area contributed by atoms with Crippen LogP contribution in [-0.2, 0) is 19.1 Å². The van der Waals surface area contributed by atoms with E-state index in [4.69, 9.17) is 15.0 Å². The number of benzene rings is 3. The van der Waals surface area contributed by atoms with Crippen molar-refractivity contribution >= 4 is 45.4 Å². The molecule has 0 aliphatic rings. The molecular weight excluding hydrogens is 452 g/mol. The number of azide groups is 1. The van der Waals surface area contributed by atoms with E-state index in [0.717, 1.165) is 10.8 Å². The number of carboxylic acid groups (broad SMARTS) is 1. The largest absolute Gasteiger partial charge is 0.480 e. The number of rotatable bonds is 9. The Kier molecular flexibility index (Phi) is 6.94. The van der Waals surface area contributed by atoms with Crippen molar-refractivity contribution in [2.75, 3.05) is 13.2 Å². The van der Waals surface area contributed by atoms with Gasteiger partial charge in [0.25, 0.3) is 0 Å². The molecule has 0 fully saturated rings. The molecule has 1 N–H and O–H groups in total. The van der Waals surface area contributed by atoms with Gasteiger partial charge in [0.2, 0.25) is 0 Å². The van der Waals surface area contributed by atoms with Gasteiger partial charge in [-0.15, -0.1) is 0 Å². The Morgan fingerprint density at radius 2 is 1.46 bits per heavy atom. The predicted octanol–water partition coefficient (Wildman–Crippen LogP) is 5.15. The monoisotopic (exact) mass is 472 g/mol. The van der Waals surface area contributed by atoms with Gasteiger partial charge in [-0.1, -0.05) is 53.6 Å². The standard InChI is InChI=1S/C25H20N4O6/c26-28-27-17-11-9-16(10-12-17)25(33)35-14-13-34-23(30)15-22(24(31)32)29-20-7-3-1-5-18(20)19-6-2-4-8-21(19)29/h1-12,22H,13-15H2,(H,31,32). The van der Waals surface area contributed by atoms with E-state index in [9.17, 15) is 19.5 Å². The van der Waals surface area contributed by atoms with Crippen LogP contribution in [0, 0.1) is 0 Å². The zero-order valence-corrected chi connectivity index (χ0v) is 18.4. The van der Waals surface area contributed by atoms with Crippen molar-refractivity contribution in [3.63, 3.8) is 0 Å². The maximum Gasteiger partial charge on any atom is 0.338 e. The molecule has 1 atom stereocenters. The highest BCUT2D eigenvalue weighted by Gasteiger charge is 2.27. The molecule has 1 aromatic heterocycles. The Labute approximate surface area is 198 Å². The summed E-state index contributed by atoms with van der Waals surface area (Å²) in [5.74, 6) is -2.53. The van der Waals surface area contributed by atoms with Crippen LogP contribution in [0.1, 0.15) is 22.8 Å². The number of fused-ring (bicyclic) bond motifs is 3. The number of ether oxygens (including phenoxy) is 2. The molecule has 0 radical (unpaired) electrons. The fraction of sp³-hybridized carbons (Fsp3) is 0.160. The van der Waals surface area contributed by atoms with E-state index in [2.05, 4.69) is 10.0 Å². The van der Waals surface area contributed by atoms with Crippen LogP contribution in [-0.4, -0.2) is 40.8 Å². The molecule has 176 valence electrons. The zero-order valence-electron chi connectivity index (χ0n) is 18.4. The molecule has 0 amide bonds. The van der Waals surface area contributed by atoms with Crippen LogP contribution in [0.3, 0.4) is 0 Å². The highest BCUT2D eigenvalue weighted by Crippen LogP contribution is 2.33. The molecule has 3 aromatic carbocycles. The highest BCUT2D eigenvalue weighted by atomic mass is 16.6. The number of aromatic nitrogens is 1. The van der Waals surface area contributed by atoms with Crippen LogP contribution in [0.4, 0.5) is 5.69 Å². The molecule has 0 aliphatic heterocycles. The maximum absolute atomic E-state index is 12.5. The molecule has 1 heterocycles. The number of para-hydroxylation sites is 2. The Balaban J connectivity index is 1.39. The first-order chi connectivity index (χ1) is 17.0.